The van der Waals surface area contributed by atoms with E-state index in [1.54, 1.807) is 12.1 Å². The van der Waals surface area contributed by atoms with Gasteiger partial charge >= 0.3 is 6.18 Å². The van der Waals surface area contributed by atoms with E-state index in [0.29, 0.717) is 36.9 Å². The van der Waals surface area contributed by atoms with Crippen molar-refractivity contribution in [3.8, 4) is 10.6 Å². The van der Waals surface area contributed by atoms with Crippen LogP contribution in [0.3, 0.4) is 0 Å². The van der Waals surface area contributed by atoms with Gasteiger partial charge in [0.15, 0.2) is 0 Å². The Hall–Kier alpha value is -2.57. The number of para-hydroxylation sites is 2. The number of anilines is 2. The number of nitrogens with one attached hydrogen (secondary N) is 1. The third-order valence-electron chi connectivity index (χ3n) is 4.77. The van der Waals surface area contributed by atoms with E-state index in [9.17, 15) is 21.6 Å². The fraction of sp³-hybridized carbons (Fsp3) is 0.316. The highest BCUT2D eigenvalue weighted by Gasteiger charge is 2.35. The van der Waals surface area contributed by atoms with Crippen molar-refractivity contribution in [3.63, 3.8) is 0 Å². The van der Waals surface area contributed by atoms with Gasteiger partial charge in [0, 0.05) is 20.1 Å². The second kappa shape index (κ2) is 8.17. The van der Waals surface area contributed by atoms with E-state index in [-0.39, 0.29) is 9.90 Å². The van der Waals surface area contributed by atoms with Crippen molar-refractivity contribution in [1.82, 2.24) is 9.78 Å². The summed E-state index contributed by atoms with van der Waals surface area (Å²) in [6.07, 6.45) is -4.54. The van der Waals surface area contributed by atoms with E-state index in [1.165, 1.54) is 19.2 Å². The molecule has 0 saturated carbocycles. The lowest BCUT2D eigenvalue weighted by Gasteiger charge is -2.30. The first-order valence-electron chi connectivity index (χ1n) is 9.31. The molecule has 1 saturated heterocycles. The first-order chi connectivity index (χ1) is 14.6. The minimum absolute atomic E-state index is 0.0153. The Labute approximate surface area is 181 Å². The lowest BCUT2D eigenvalue weighted by Crippen LogP contribution is -2.36. The molecule has 0 spiro atoms. The van der Waals surface area contributed by atoms with Crippen LogP contribution in [0.15, 0.2) is 46.7 Å². The van der Waals surface area contributed by atoms with Gasteiger partial charge in [0.1, 0.15) is 15.6 Å². The van der Waals surface area contributed by atoms with Crippen LogP contribution in [0.5, 0.6) is 0 Å². The van der Waals surface area contributed by atoms with Gasteiger partial charge in [-0.25, -0.2) is 8.42 Å². The second-order valence-corrected chi connectivity index (χ2v) is 9.87. The lowest BCUT2D eigenvalue weighted by molar-refractivity contribution is -0.143. The number of aromatic nitrogens is 2. The minimum Gasteiger partial charge on any atom is -0.378 e. The van der Waals surface area contributed by atoms with Crippen LogP contribution in [0.2, 0.25) is 0 Å². The number of aryl methyl sites for hydroxylation is 1. The van der Waals surface area contributed by atoms with Crippen molar-refractivity contribution in [2.45, 2.75) is 10.4 Å². The van der Waals surface area contributed by atoms with E-state index < -0.39 is 21.9 Å². The summed E-state index contributed by atoms with van der Waals surface area (Å²) >= 11 is 0.859. The molecule has 7 nitrogen and oxygen atoms in total. The Morgan fingerprint density at radius 1 is 1.13 bits per heavy atom. The van der Waals surface area contributed by atoms with Crippen molar-refractivity contribution in [3.05, 3.63) is 48.2 Å². The molecule has 1 fully saturated rings. The standard InChI is InChI=1S/C19H19F3N4O3S2/c1-25-17(19(20,21)22)12-14(23-25)16-6-7-18(30-16)31(27,28)24-13-4-2-3-5-15(13)26-8-10-29-11-9-26/h2-7,12,24H,8-11H2,1H3. The maximum absolute atomic E-state index is 13.0. The fourth-order valence-electron chi connectivity index (χ4n) is 3.29. The summed E-state index contributed by atoms with van der Waals surface area (Å²) in [4.78, 5) is 2.36. The Morgan fingerprint density at radius 2 is 1.84 bits per heavy atom. The normalized spacial score (nSPS) is 15.3. The van der Waals surface area contributed by atoms with Crippen LogP contribution in [0.1, 0.15) is 5.69 Å². The monoisotopic (exact) mass is 472 g/mol. The van der Waals surface area contributed by atoms with Crippen molar-refractivity contribution in [2.24, 2.45) is 7.05 Å². The van der Waals surface area contributed by atoms with Gasteiger partial charge in [-0.1, -0.05) is 12.1 Å². The second-order valence-electron chi connectivity index (χ2n) is 6.88. The Morgan fingerprint density at radius 3 is 2.52 bits per heavy atom. The number of morpholine rings is 1. The molecule has 4 rings (SSSR count). The smallest absolute Gasteiger partial charge is 0.378 e. The summed E-state index contributed by atoms with van der Waals surface area (Å²) in [5.41, 5.74) is 0.329. The molecule has 1 aromatic carbocycles. The number of ether oxygens (including phenoxy) is 1. The molecule has 0 aliphatic carbocycles. The predicted octanol–water partition coefficient (Wildman–Crippen LogP) is 3.80. The third-order valence-corrected chi connectivity index (χ3v) is 7.73. The topological polar surface area (TPSA) is 76.5 Å². The summed E-state index contributed by atoms with van der Waals surface area (Å²) < 4.78 is 73.7. The van der Waals surface area contributed by atoms with E-state index >= 15 is 0 Å². The van der Waals surface area contributed by atoms with Gasteiger partial charge in [0.05, 0.1) is 29.5 Å². The van der Waals surface area contributed by atoms with E-state index in [0.717, 1.165) is 27.8 Å². The molecule has 12 heteroatoms. The molecule has 0 amide bonds. The molecule has 1 aliphatic rings. The molecule has 0 atom stereocenters. The van der Waals surface area contributed by atoms with Gasteiger partial charge in [-0.05, 0) is 30.3 Å². The number of sulfonamides is 1. The molecule has 1 aliphatic heterocycles. The number of benzene rings is 1. The summed E-state index contributed by atoms with van der Waals surface area (Å²) in [7, 11) is -2.74. The highest BCUT2D eigenvalue weighted by atomic mass is 32.2. The molecule has 1 N–H and O–H groups in total. The maximum Gasteiger partial charge on any atom is 0.433 e. The zero-order valence-electron chi connectivity index (χ0n) is 16.4. The SMILES string of the molecule is Cn1nc(-c2ccc(S(=O)(=O)Nc3ccccc3N3CCOCC3)s2)cc1C(F)(F)F. The zero-order chi connectivity index (χ0) is 22.2. The van der Waals surface area contributed by atoms with Crippen LogP contribution in [-0.2, 0) is 28.0 Å². The van der Waals surface area contributed by atoms with E-state index in [2.05, 4.69) is 9.82 Å². The largest absolute Gasteiger partial charge is 0.433 e. The van der Waals surface area contributed by atoms with Crippen LogP contribution in [0.4, 0.5) is 24.5 Å². The van der Waals surface area contributed by atoms with E-state index in [4.69, 9.17) is 4.74 Å². The highest BCUT2D eigenvalue weighted by molar-refractivity contribution is 7.94. The van der Waals surface area contributed by atoms with Crippen LogP contribution in [0.25, 0.3) is 10.6 Å². The lowest BCUT2D eigenvalue weighted by atomic mass is 10.2. The number of hydrogen-bond acceptors (Lipinski definition) is 6. The number of rotatable bonds is 5. The molecular weight excluding hydrogens is 453 g/mol. The molecular formula is C19H19F3N4O3S2. The summed E-state index contributed by atoms with van der Waals surface area (Å²) in [6.45, 7) is 2.39. The van der Waals surface area contributed by atoms with Gasteiger partial charge in [0.2, 0.25) is 0 Å². The average molecular weight is 473 g/mol. The number of thiophene rings is 1. The number of nitrogens with zero attached hydrogens (tertiary/aromatic N) is 3. The summed E-state index contributed by atoms with van der Waals surface area (Å²) in [5, 5.41) is 3.88. The van der Waals surface area contributed by atoms with Crippen molar-refractivity contribution in [1.29, 1.82) is 0 Å². The predicted molar refractivity (Wildman–Crippen MR) is 112 cm³/mol. The van der Waals surface area contributed by atoms with Gasteiger partial charge < -0.3 is 9.64 Å². The van der Waals surface area contributed by atoms with Gasteiger partial charge in [0.25, 0.3) is 10.0 Å². The van der Waals surface area contributed by atoms with Crippen molar-refractivity contribution in [2.75, 3.05) is 35.9 Å². The highest BCUT2D eigenvalue weighted by Crippen LogP contribution is 2.36. The molecule has 0 bridgehead atoms. The van der Waals surface area contributed by atoms with Crippen molar-refractivity contribution < 1.29 is 26.3 Å². The first-order valence-corrected chi connectivity index (χ1v) is 11.6. The molecule has 0 radical (unpaired) electrons. The molecule has 3 heterocycles. The van der Waals surface area contributed by atoms with Crippen LogP contribution in [0, 0.1) is 0 Å². The van der Waals surface area contributed by atoms with Crippen LogP contribution < -0.4 is 9.62 Å². The Kier molecular flexibility index (Phi) is 5.71. The molecule has 31 heavy (non-hydrogen) atoms. The quantitative estimate of drug-likeness (QED) is 0.611. The van der Waals surface area contributed by atoms with Crippen LogP contribution in [-0.4, -0.2) is 44.5 Å². The molecule has 0 unspecified atom stereocenters. The fourth-order valence-corrected chi connectivity index (χ4v) is 5.63. The molecule has 2 aromatic heterocycles. The third kappa shape index (κ3) is 4.55. The minimum atomic E-state index is -4.54. The number of halogens is 3. The zero-order valence-corrected chi connectivity index (χ0v) is 18.0. The molecule has 166 valence electrons. The average Bonchev–Trinajstić information content (AvgIpc) is 3.36. The van der Waals surface area contributed by atoms with Gasteiger partial charge in [-0.2, -0.15) is 18.3 Å². The number of hydrogen-bond donors (Lipinski definition) is 1. The van der Waals surface area contributed by atoms with Gasteiger partial charge in [-0.15, -0.1) is 11.3 Å². The summed E-state index contributed by atoms with van der Waals surface area (Å²) in [5.74, 6) is 0. The van der Waals surface area contributed by atoms with Crippen molar-refractivity contribution >= 4 is 32.7 Å². The maximum atomic E-state index is 13.0. The van der Waals surface area contributed by atoms with Crippen LogP contribution >= 0.6 is 11.3 Å². The summed E-state index contributed by atoms with van der Waals surface area (Å²) in [6, 6.07) is 10.8. The van der Waals surface area contributed by atoms with Gasteiger partial charge in [-0.3, -0.25) is 9.40 Å². The Bertz CT molecular complexity index is 1180. The first kappa shape index (κ1) is 21.7. The number of alkyl halides is 3. The molecule has 3 aromatic rings. The van der Waals surface area contributed by atoms with E-state index in [1.807, 2.05) is 17.0 Å². The Balaban J connectivity index is 1.60.